The van der Waals surface area contributed by atoms with Gasteiger partial charge in [-0.15, -0.1) is 0 Å². The average Bonchev–Trinajstić information content (AvgIpc) is 2.85. The van der Waals surface area contributed by atoms with Crippen LogP contribution in [-0.2, 0) is 13.0 Å². The number of thiocarbonyl (C=S) groups is 1. The predicted octanol–water partition coefficient (Wildman–Crippen LogP) is 3.54. The molecule has 2 N–H and O–H groups in total. The number of hydrogen-bond acceptors (Lipinski definition) is 3. The molecule has 0 fully saturated rings. The number of imidazole rings is 1. The van der Waals surface area contributed by atoms with Crippen LogP contribution in [0.1, 0.15) is 22.5 Å². The quantitative estimate of drug-likeness (QED) is 0.723. The molecule has 5 heteroatoms. The second kappa shape index (κ2) is 6.61. The third-order valence-corrected chi connectivity index (χ3v) is 4.41. The van der Waals surface area contributed by atoms with E-state index >= 15 is 0 Å². The average molecular weight is 339 g/mol. The van der Waals surface area contributed by atoms with E-state index in [2.05, 4.69) is 42.7 Å². The normalized spacial score (nSPS) is 11.0. The van der Waals surface area contributed by atoms with Crippen LogP contribution in [0, 0.1) is 13.8 Å². The monoisotopic (exact) mass is 339 g/mol. The van der Waals surface area contributed by atoms with Gasteiger partial charge in [-0.05, 0) is 54.8 Å². The van der Waals surface area contributed by atoms with Gasteiger partial charge in [0.15, 0.2) is 0 Å². The van der Waals surface area contributed by atoms with Crippen molar-refractivity contribution in [3.05, 3.63) is 58.9 Å². The summed E-state index contributed by atoms with van der Waals surface area (Å²) < 4.78 is 7.34. The van der Waals surface area contributed by atoms with Gasteiger partial charge in [-0.1, -0.05) is 24.4 Å². The maximum Gasteiger partial charge on any atom is 0.118 e. The Balaban J connectivity index is 2.05. The van der Waals surface area contributed by atoms with Crippen LogP contribution in [0.4, 0.5) is 0 Å². The second-order valence-corrected chi connectivity index (χ2v) is 6.55. The Morgan fingerprint density at radius 3 is 2.46 bits per heavy atom. The van der Waals surface area contributed by atoms with Gasteiger partial charge in [-0.25, -0.2) is 4.98 Å². The SMILES string of the molecule is COc1ccc(Cc2nc3cc(C)c(C)cc3n2CC(N)=S)cc1. The van der Waals surface area contributed by atoms with Crippen molar-refractivity contribution in [2.75, 3.05) is 7.11 Å². The summed E-state index contributed by atoms with van der Waals surface area (Å²) in [5.74, 6) is 1.81. The molecule has 124 valence electrons. The van der Waals surface area contributed by atoms with E-state index in [0.717, 1.165) is 29.0 Å². The number of nitrogens with zero attached hydrogens (tertiary/aromatic N) is 2. The van der Waals surface area contributed by atoms with Crippen LogP contribution in [0.3, 0.4) is 0 Å². The molecular weight excluding hydrogens is 318 g/mol. The van der Waals surface area contributed by atoms with Crippen molar-refractivity contribution in [1.29, 1.82) is 0 Å². The fourth-order valence-corrected chi connectivity index (χ4v) is 2.95. The first-order valence-corrected chi connectivity index (χ1v) is 8.26. The molecule has 1 heterocycles. The van der Waals surface area contributed by atoms with Crippen LogP contribution >= 0.6 is 12.2 Å². The van der Waals surface area contributed by atoms with Gasteiger partial charge in [0.25, 0.3) is 0 Å². The van der Waals surface area contributed by atoms with Crippen LogP contribution in [0.25, 0.3) is 11.0 Å². The van der Waals surface area contributed by atoms with Gasteiger partial charge in [-0.3, -0.25) is 0 Å². The topological polar surface area (TPSA) is 53.1 Å². The molecule has 3 rings (SSSR count). The maximum atomic E-state index is 5.81. The molecule has 0 spiro atoms. The van der Waals surface area contributed by atoms with Crippen LogP contribution in [0.5, 0.6) is 5.75 Å². The molecule has 0 aliphatic rings. The lowest BCUT2D eigenvalue weighted by atomic mass is 10.1. The summed E-state index contributed by atoms with van der Waals surface area (Å²) in [4.78, 5) is 5.28. The first kappa shape index (κ1) is 16.5. The molecule has 0 unspecified atom stereocenters. The number of rotatable bonds is 5. The van der Waals surface area contributed by atoms with Gasteiger partial charge < -0.3 is 15.0 Å². The van der Waals surface area contributed by atoms with E-state index in [1.54, 1.807) is 7.11 Å². The first-order valence-electron chi connectivity index (χ1n) is 7.85. The van der Waals surface area contributed by atoms with Gasteiger partial charge in [0.1, 0.15) is 11.6 Å². The lowest BCUT2D eigenvalue weighted by Crippen LogP contribution is -2.18. The van der Waals surface area contributed by atoms with Crippen LogP contribution in [0.15, 0.2) is 36.4 Å². The van der Waals surface area contributed by atoms with Crippen LogP contribution < -0.4 is 10.5 Å². The number of aromatic nitrogens is 2. The van der Waals surface area contributed by atoms with Crippen molar-refractivity contribution in [3.63, 3.8) is 0 Å². The number of aryl methyl sites for hydroxylation is 2. The van der Waals surface area contributed by atoms with E-state index in [-0.39, 0.29) is 0 Å². The highest BCUT2D eigenvalue weighted by Crippen LogP contribution is 2.23. The number of ether oxygens (including phenoxy) is 1. The van der Waals surface area contributed by atoms with Crippen LogP contribution in [-0.4, -0.2) is 21.6 Å². The summed E-state index contributed by atoms with van der Waals surface area (Å²) in [6.45, 7) is 4.71. The van der Waals surface area contributed by atoms with E-state index in [0.29, 0.717) is 11.5 Å². The van der Waals surface area contributed by atoms with E-state index in [1.165, 1.54) is 16.7 Å². The molecule has 24 heavy (non-hydrogen) atoms. The van der Waals surface area contributed by atoms with E-state index < -0.39 is 0 Å². The smallest absolute Gasteiger partial charge is 0.118 e. The minimum Gasteiger partial charge on any atom is -0.497 e. The van der Waals surface area contributed by atoms with Gasteiger partial charge in [0.2, 0.25) is 0 Å². The summed E-state index contributed by atoms with van der Waals surface area (Å²) in [6.07, 6.45) is 0.722. The minimum atomic E-state index is 0.462. The first-order chi connectivity index (χ1) is 11.5. The van der Waals surface area contributed by atoms with Gasteiger partial charge in [0, 0.05) is 6.42 Å². The Labute approximate surface area is 147 Å². The van der Waals surface area contributed by atoms with E-state index in [4.69, 9.17) is 27.7 Å². The molecule has 0 saturated heterocycles. The number of nitrogens with two attached hydrogens (primary N) is 1. The zero-order valence-corrected chi connectivity index (χ0v) is 15.0. The molecule has 0 aliphatic heterocycles. The standard InChI is InChI=1S/C19H21N3OS/c1-12-8-16-17(9-13(12)2)22(11-18(20)24)19(21-16)10-14-4-6-15(23-3)7-5-14/h4-9H,10-11H2,1-3H3,(H2,20,24). The Bertz CT molecular complexity index is 897. The highest BCUT2D eigenvalue weighted by Gasteiger charge is 2.13. The third kappa shape index (κ3) is 3.26. The Kier molecular flexibility index (Phi) is 4.53. The highest BCUT2D eigenvalue weighted by molar-refractivity contribution is 7.80. The van der Waals surface area contributed by atoms with Crippen molar-refractivity contribution in [2.45, 2.75) is 26.8 Å². The Morgan fingerprint density at radius 1 is 1.17 bits per heavy atom. The number of benzene rings is 2. The fourth-order valence-electron chi connectivity index (χ4n) is 2.82. The fraction of sp³-hybridized carbons (Fsp3) is 0.263. The van der Waals surface area contributed by atoms with E-state index in [1.807, 2.05) is 12.1 Å². The molecule has 0 amide bonds. The molecule has 1 aromatic heterocycles. The molecular formula is C19H21N3OS. The lowest BCUT2D eigenvalue weighted by Gasteiger charge is -2.09. The third-order valence-electron chi connectivity index (χ3n) is 4.28. The molecule has 0 bridgehead atoms. The Hall–Kier alpha value is -2.40. The van der Waals surface area contributed by atoms with E-state index in [9.17, 15) is 0 Å². The predicted molar refractivity (Wildman–Crippen MR) is 102 cm³/mol. The summed E-state index contributed by atoms with van der Waals surface area (Å²) in [5.41, 5.74) is 11.5. The second-order valence-electron chi connectivity index (χ2n) is 6.03. The maximum absolute atomic E-state index is 5.81. The van der Waals surface area contributed by atoms with Crippen molar-refractivity contribution in [2.24, 2.45) is 5.73 Å². The molecule has 0 atom stereocenters. The van der Waals surface area contributed by atoms with Gasteiger partial charge >= 0.3 is 0 Å². The summed E-state index contributed by atoms with van der Waals surface area (Å²) >= 11 is 5.13. The molecule has 2 aromatic carbocycles. The van der Waals surface area contributed by atoms with Gasteiger partial charge in [0.05, 0.1) is 29.7 Å². The number of methoxy groups -OCH3 is 1. The molecule has 4 nitrogen and oxygen atoms in total. The zero-order valence-electron chi connectivity index (χ0n) is 14.2. The van der Waals surface area contributed by atoms with Crippen LogP contribution in [0.2, 0.25) is 0 Å². The highest BCUT2D eigenvalue weighted by atomic mass is 32.1. The molecule has 0 radical (unpaired) electrons. The summed E-state index contributed by atoms with van der Waals surface area (Å²) in [7, 11) is 1.67. The minimum absolute atomic E-state index is 0.462. The van der Waals surface area contributed by atoms with Crippen molar-refractivity contribution in [3.8, 4) is 5.75 Å². The van der Waals surface area contributed by atoms with Crippen molar-refractivity contribution < 1.29 is 4.74 Å². The summed E-state index contributed by atoms with van der Waals surface area (Å²) in [5, 5.41) is 0. The molecule has 3 aromatic rings. The van der Waals surface area contributed by atoms with Crippen molar-refractivity contribution in [1.82, 2.24) is 9.55 Å². The van der Waals surface area contributed by atoms with Crippen molar-refractivity contribution >= 4 is 28.2 Å². The zero-order chi connectivity index (χ0) is 17.3. The summed E-state index contributed by atoms with van der Waals surface area (Å²) in [6, 6.07) is 12.3. The van der Waals surface area contributed by atoms with Gasteiger partial charge in [-0.2, -0.15) is 0 Å². The Morgan fingerprint density at radius 2 is 1.83 bits per heavy atom. The molecule has 0 saturated carbocycles. The largest absolute Gasteiger partial charge is 0.497 e. The molecule has 0 aliphatic carbocycles. The lowest BCUT2D eigenvalue weighted by molar-refractivity contribution is 0.414. The number of hydrogen-bond donors (Lipinski definition) is 1. The number of fused-ring (bicyclic) bond motifs is 1.